The number of fused-ring (bicyclic) bond motifs is 1. The summed E-state index contributed by atoms with van der Waals surface area (Å²) in [5, 5.41) is 9.68. The minimum absolute atomic E-state index is 0.540. The van der Waals surface area contributed by atoms with Gasteiger partial charge in [-0.3, -0.25) is 4.98 Å². The topological polar surface area (TPSA) is 52.5 Å². The van der Waals surface area contributed by atoms with E-state index in [0.29, 0.717) is 5.69 Å². The van der Waals surface area contributed by atoms with Gasteiger partial charge in [0.2, 0.25) is 0 Å². The maximum atomic E-state index is 8.69. The summed E-state index contributed by atoms with van der Waals surface area (Å²) in [5.74, 6) is 0. The zero-order chi connectivity index (χ0) is 8.55. The molecule has 0 aliphatic carbocycles. The van der Waals surface area contributed by atoms with Crippen molar-refractivity contribution in [1.82, 2.24) is 9.97 Å². The quantitative estimate of drug-likeness (QED) is 0.742. The fourth-order valence-electron chi connectivity index (χ4n) is 1.09. The fourth-order valence-corrected chi connectivity index (χ4v) is 1.62. The van der Waals surface area contributed by atoms with Crippen LogP contribution in [0, 0.1) is 11.3 Å². The lowest BCUT2D eigenvalue weighted by atomic mass is 10.3. The highest BCUT2D eigenvalue weighted by atomic mass is 79.9. The molecule has 2 rings (SSSR count). The lowest BCUT2D eigenvalue weighted by Crippen LogP contribution is -1.71. The Morgan fingerprint density at radius 1 is 1.58 bits per heavy atom. The molecule has 0 amide bonds. The smallest absolute Gasteiger partial charge is 0.133 e. The van der Waals surface area contributed by atoms with E-state index in [0.717, 1.165) is 15.4 Å². The van der Waals surface area contributed by atoms with Crippen molar-refractivity contribution >= 4 is 26.8 Å². The van der Waals surface area contributed by atoms with Gasteiger partial charge in [-0.1, -0.05) is 0 Å². The lowest BCUT2D eigenvalue weighted by molar-refractivity contribution is 1.32. The summed E-state index contributed by atoms with van der Waals surface area (Å²) in [4.78, 5) is 6.88. The molecule has 0 fully saturated rings. The fraction of sp³-hybridized carbons (Fsp3) is 0. The number of rotatable bonds is 0. The first kappa shape index (κ1) is 7.32. The normalized spacial score (nSPS) is 10.0. The van der Waals surface area contributed by atoms with Gasteiger partial charge in [0.15, 0.2) is 0 Å². The van der Waals surface area contributed by atoms with Crippen LogP contribution in [-0.2, 0) is 0 Å². The summed E-state index contributed by atoms with van der Waals surface area (Å²) in [5.41, 5.74) is 1.42. The Hall–Kier alpha value is -1.34. The molecule has 3 nitrogen and oxygen atoms in total. The molecule has 1 N–H and O–H groups in total. The van der Waals surface area contributed by atoms with Crippen LogP contribution >= 0.6 is 15.9 Å². The van der Waals surface area contributed by atoms with Crippen LogP contribution in [0.5, 0.6) is 0 Å². The standard InChI is InChI=1S/C8H4BrN3/c9-8-5-1-2-11-4-7(5)12-6(8)3-10/h1-2,4,12H. The Bertz CT molecular complexity index is 467. The Balaban J connectivity index is 2.90. The monoisotopic (exact) mass is 221 g/mol. The SMILES string of the molecule is N#Cc1[nH]c2cnccc2c1Br. The van der Waals surface area contributed by atoms with E-state index < -0.39 is 0 Å². The van der Waals surface area contributed by atoms with Gasteiger partial charge in [-0.15, -0.1) is 0 Å². The molecule has 0 aliphatic rings. The summed E-state index contributed by atoms with van der Waals surface area (Å²) in [7, 11) is 0. The van der Waals surface area contributed by atoms with Gasteiger partial charge >= 0.3 is 0 Å². The van der Waals surface area contributed by atoms with E-state index in [9.17, 15) is 0 Å². The molecule has 0 bridgehead atoms. The highest BCUT2D eigenvalue weighted by Gasteiger charge is 2.06. The molecule has 0 saturated heterocycles. The first-order chi connectivity index (χ1) is 5.83. The summed E-state index contributed by atoms with van der Waals surface area (Å²) >= 11 is 3.33. The first-order valence-corrected chi connectivity index (χ1v) is 4.13. The highest BCUT2D eigenvalue weighted by Crippen LogP contribution is 2.25. The zero-order valence-corrected chi connectivity index (χ0v) is 7.59. The predicted molar refractivity (Wildman–Crippen MR) is 48.5 cm³/mol. The van der Waals surface area contributed by atoms with E-state index in [-0.39, 0.29) is 0 Å². The van der Waals surface area contributed by atoms with Crippen molar-refractivity contribution in [2.24, 2.45) is 0 Å². The van der Waals surface area contributed by atoms with Crippen LogP contribution in [0.2, 0.25) is 0 Å². The van der Waals surface area contributed by atoms with Crippen molar-refractivity contribution in [3.63, 3.8) is 0 Å². The number of halogens is 1. The van der Waals surface area contributed by atoms with E-state index in [2.05, 4.69) is 32.0 Å². The van der Waals surface area contributed by atoms with Gasteiger partial charge in [0.25, 0.3) is 0 Å². The Kier molecular flexibility index (Phi) is 1.59. The molecule has 2 heterocycles. The number of nitriles is 1. The Labute approximate surface area is 77.2 Å². The summed E-state index contributed by atoms with van der Waals surface area (Å²) in [6.45, 7) is 0. The zero-order valence-electron chi connectivity index (χ0n) is 6.00. The Morgan fingerprint density at radius 3 is 3.08 bits per heavy atom. The molecule has 2 aromatic rings. The minimum Gasteiger partial charge on any atom is -0.344 e. The maximum absolute atomic E-state index is 8.69. The second-order valence-corrected chi connectivity index (χ2v) is 3.14. The van der Waals surface area contributed by atoms with Crippen LogP contribution in [0.3, 0.4) is 0 Å². The van der Waals surface area contributed by atoms with Gasteiger partial charge < -0.3 is 4.98 Å². The van der Waals surface area contributed by atoms with Crippen LogP contribution in [0.1, 0.15) is 5.69 Å². The van der Waals surface area contributed by atoms with Crippen molar-refractivity contribution in [3.05, 3.63) is 28.6 Å². The molecule has 0 atom stereocenters. The molecule has 0 saturated carbocycles. The van der Waals surface area contributed by atoms with E-state index in [4.69, 9.17) is 5.26 Å². The summed E-state index contributed by atoms with van der Waals surface area (Å²) in [6.07, 6.45) is 3.39. The van der Waals surface area contributed by atoms with Crippen LogP contribution < -0.4 is 0 Å². The highest BCUT2D eigenvalue weighted by molar-refractivity contribution is 9.10. The predicted octanol–water partition coefficient (Wildman–Crippen LogP) is 2.20. The molecule has 0 unspecified atom stereocenters. The number of nitrogens with zero attached hydrogens (tertiary/aromatic N) is 2. The Morgan fingerprint density at radius 2 is 2.42 bits per heavy atom. The molecule has 0 aromatic carbocycles. The second-order valence-electron chi connectivity index (χ2n) is 2.35. The van der Waals surface area contributed by atoms with E-state index in [1.807, 2.05) is 6.07 Å². The number of aromatic nitrogens is 2. The summed E-state index contributed by atoms with van der Waals surface area (Å²) < 4.78 is 0.808. The third-order valence-corrected chi connectivity index (χ3v) is 2.47. The molecule has 0 radical (unpaired) electrons. The molecule has 0 aliphatic heterocycles. The third kappa shape index (κ3) is 0.908. The number of H-pyrrole nitrogens is 1. The van der Waals surface area contributed by atoms with Gasteiger partial charge in [-0.25, -0.2) is 0 Å². The largest absolute Gasteiger partial charge is 0.344 e. The molecule has 12 heavy (non-hydrogen) atoms. The van der Waals surface area contributed by atoms with Crippen LogP contribution in [0.4, 0.5) is 0 Å². The molecule has 0 spiro atoms. The van der Waals surface area contributed by atoms with Crippen molar-refractivity contribution < 1.29 is 0 Å². The first-order valence-electron chi connectivity index (χ1n) is 3.34. The molecule has 2 aromatic heterocycles. The lowest BCUT2D eigenvalue weighted by Gasteiger charge is -1.85. The number of hydrogen-bond acceptors (Lipinski definition) is 2. The van der Waals surface area contributed by atoms with Crippen molar-refractivity contribution in [2.45, 2.75) is 0 Å². The summed E-state index contributed by atoms with van der Waals surface area (Å²) in [6, 6.07) is 3.91. The van der Waals surface area contributed by atoms with E-state index in [1.165, 1.54) is 0 Å². The van der Waals surface area contributed by atoms with Crippen LogP contribution in [0.15, 0.2) is 22.9 Å². The van der Waals surface area contributed by atoms with Gasteiger partial charge in [0, 0.05) is 11.6 Å². The number of aromatic amines is 1. The van der Waals surface area contributed by atoms with Gasteiger partial charge in [-0.2, -0.15) is 5.26 Å². The number of nitrogens with one attached hydrogen (secondary N) is 1. The minimum atomic E-state index is 0.540. The maximum Gasteiger partial charge on any atom is 0.133 e. The third-order valence-electron chi connectivity index (χ3n) is 1.65. The molecule has 4 heteroatoms. The van der Waals surface area contributed by atoms with E-state index >= 15 is 0 Å². The van der Waals surface area contributed by atoms with Gasteiger partial charge in [0.1, 0.15) is 11.8 Å². The van der Waals surface area contributed by atoms with Crippen molar-refractivity contribution in [2.75, 3.05) is 0 Å². The second kappa shape index (κ2) is 2.61. The number of pyridine rings is 1. The van der Waals surface area contributed by atoms with Crippen molar-refractivity contribution in [3.8, 4) is 6.07 Å². The number of hydrogen-bond donors (Lipinski definition) is 1. The van der Waals surface area contributed by atoms with Crippen LogP contribution in [0.25, 0.3) is 10.9 Å². The average molecular weight is 222 g/mol. The average Bonchev–Trinajstić information content (AvgIpc) is 2.44. The molecular formula is C8H4BrN3. The van der Waals surface area contributed by atoms with Crippen LogP contribution in [-0.4, -0.2) is 9.97 Å². The molecular weight excluding hydrogens is 218 g/mol. The molecule has 58 valence electrons. The van der Waals surface area contributed by atoms with Gasteiger partial charge in [-0.05, 0) is 22.0 Å². The van der Waals surface area contributed by atoms with Crippen molar-refractivity contribution in [1.29, 1.82) is 5.26 Å². The van der Waals surface area contributed by atoms with E-state index in [1.54, 1.807) is 12.4 Å². The van der Waals surface area contributed by atoms with Gasteiger partial charge in [0.05, 0.1) is 16.2 Å².